The smallest absolute Gasteiger partial charge is 0.299 e. The molecular weight excluding hydrogens is 336 g/mol. The Morgan fingerprint density at radius 2 is 1.83 bits per heavy atom. The van der Waals surface area contributed by atoms with Crippen molar-refractivity contribution in [3.8, 4) is 0 Å². The highest BCUT2D eigenvalue weighted by Crippen LogP contribution is 2.41. The molecule has 0 bridgehead atoms. The number of nitro groups is 2. The number of halogens is 1. The van der Waals surface area contributed by atoms with Crippen LogP contribution in [0.3, 0.4) is 0 Å². The van der Waals surface area contributed by atoms with E-state index in [0.29, 0.717) is 11.3 Å². The van der Waals surface area contributed by atoms with Crippen LogP contribution in [0.25, 0.3) is 0 Å². The lowest BCUT2D eigenvalue weighted by atomic mass is 9.85. The van der Waals surface area contributed by atoms with Crippen LogP contribution < -0.4 is 5.32 Å². The van der Waals surface area contributed by atoms with Crippen molar-refractivity contribution >= 4 is 34.4 Å². The lowest BCUT2D eigenvalue weighted by Crippen LogP contribution is -2.15. The van der Waals surface area contributed by atoms with Gasteiger partial charge in [-0.2, -0.15) is 0 Å². The summed E-state index contributed by atoms with van der Waals surface area (Å²) in [4.78, 5) is 25.2. The number of non-ortho nitro benzene ring substituents is 1. The van der Waals surface area contributed by atoms with Crippen LogP contribution in [-0.4, -0.2) is 14.8 Å². The Balaban J connectivity index is 2.74. The molecule has 0 unspecified atom stereocenters. The van der Waals surface area contributed by atoms with Gasteiger partial charge < -0.3 is 5.32 Å². The van der Waals surface area contributed by atoms with Gasteiger partial charge in [0.25, 0.3) is 11.4 Å². The molecular formula is C15H15ClN4O4. The molecule has 1 aromatic carbocycles. The average molecular weight is 351 g/mol. The molecule has 1 aromatic heterocycles. The van der Waals surface area contributed by atoms with Gasteiger partial charge in [-0.05, 0) is 23.1 Å². The van der Waals surface area contributed by atoms with Gasteiger partial charge in [-0.15, -0.1) is 0 Å². The van der Waals surface area contributed by atoms with Crippen molar-refractivity contribution in [2.45, 2.75) is 26.2 Å². The Hall–Kier alpha value is -2.74. The van der Waals surface area contributed by atoms with E-state index >= 15 is 0 Å². The minimum absolute atomic E-state index is 0.144. The van der Waals surface area contributed by atoms with Gasteiger partial charge in [0.05, 0.1) is 21.6 Å². The summed E-state index contributed by atoms with van der Waals surface area (Å²) < 4.78 is 0. The van der Waals surface area contributed by atoms with Crippen molar-refractivity contribution < 1.29 is 9.85 Å². The Kier molecular flexibility index (Phi) is 4.70. The number of pyridine rings is 1. The normalized spacial score (nSPS) is 11.2. The number of rotatable bonds is 4. The number of benzene rings is 1. The zero-order valence-corrected chi connectivity index (χ0v) is 14.0. The zero-order valence-electron chi connectivity index (χ0n) is 13.2. The maximum atomic E-state index is 11.4. The van der Waals surface area contributed by atoms with Crippen molar-refractivity contribution in [2.75, 3.05) is 5.32 Å². The van der Waals surface area contributed by atoms with Gasteiger partial charge in [0.1, 0.15) is 5.69 Å². The maximum absolute atomic E-state index is 11.4. The molecule has 0 atom stereocenters. The molecule has 1 N–H and O–H groups in total. The number of nitro benzene ring substituents is 2. The van der Waals surface area contributed by atoms with Crippen LogP contribution >= 0.6 is 11.6 Å². The number of anilines is 2. The minimum Gasteiger partial charge on any atom is -0.347 e. The van der Waals surface area contributed by atoms with Gasteiger partial charge in [-0.3, -0.25) is 20.2 Å². The van der Waals surface area contributed by atoms with Crippen molar-refractivity contribution in [2.24, 2.45) is 0 Å². The summed E-state index contributed by atoms with van der Waals surface area (Å²) >= 11 is 6.00. The first-order valence-electron chi connectivity index (χ1n) is 6.96. The number of nitrogens with one attached hydrogen (secondary N) is 1. The monoisotopic (exact) mass is 350 g/mol. The summed E-state index contributed by atoms with van der Waals surface area (Å²) in [5.74, 6) is 0. The molecule has 2 rings (SSSR count). The Morgan fingerprint density at radius 1 is 1.17 bits per heavy atom. The third-order valence-corrected chi connectivity index (χ3v) is 3.64. The Labute approximate surface area is 142 Å². The van der Waals surface area contributed by atoms with Crippen LogP contribution in [0.2, 0.25) is 5.15 Å². The second-order valence-corrected chi connectivity index (χ2v) is 6.48. The second kappa shape index (κ2) is 6.40. The highest BCUT2D eigenvalue weighted by molar-refractivity contribution is 6.32. The fourth-order valence-corrected chi connectivity index (χ4v) is 2.36. The standard InChI is InChI=1S/C15H15ClN4O4/c1-15(2,3)10-7-9(19(21)22)8-12(20(23)24)13(10)18-11-5-4-6-17-14(11)16/h4-8,18H,1-3H3. The topological polar surface area (TPSA) is 111 Å². The van der Waals surface area contributed by atoms with Crippen molar-refractivity contribution in [1.29, 1.82) is 0 Å². The van der Waals surface area contributed by atoms with E-state index in [4.69, 9.17) is 11.6 Å². The predicted octanol–water partition coefficient (Wildman–Crippen LogP) is 4.59. The first-order valence-corrected chi connectivity index (χ1v) is 7.34. The molecule has 0 aliphatic heterocycles. The Bertz CT molecular complexity index is 818. The average Bonchev–Trinajstić information content (AvgIpc) is 2.48. The number of aromatic nitrogens is 1. The van der Waals surface area contributed by atoms with Gasteiger partial charge in [0.15, 0.2) is 5.15 Å². The van der Waals surface area contributed by atoms with Crippen LogP contribution in [0.1, 0.15) is 26.3 Å². The van der Waals surface area contributed by atoms with E-state index in [2.05, 4.69) is 10.3 Å². The van der Waals surface area contributed by atoms with E-state index in [9.17, 15) is 20.2 Å². The molecule has 24 heavy (non-hydrogen) atoms. The van der Waals surface area contributed by atoms with Gasteiger partial charge in [-0.1, -0.05) is 32.4 Å². The van der Waals surface area contributed by atoms with E-state index < -0.39 is 20.9 Å². The molecule has 9 heteroatoms. The lowest BCUT2D eigenvalue weighted by Gasteiger charge is -2.23. The molecule has 126 valence electrons. The fraction of sp³-hybridized carbons (Fsp3) is 0.267. The fourth-order valence-electron chi connectivity index (χ4n) is 2.20. The van der Waals surface area contributed by atoms with Crippen molar-refractivity contribution in [3.05, 3.63) is 61.4 Å². The molecule has 1 heterocycles. The molecule has 0 saturated carbocycles. The van der Waals surface area contributed by atoms with Crippen molar-refractivity contribution in [1.82, 2.24) is 4.98 Å². The molecule has 0 aliphatic carbocycles. The summed E-state index contributed by atoms with van der Waals surface area (Å²) in [6, 6.07) is 5.51. The number of hydrogen-bond donors (Lipinski definition) is 1. The lowest BCUT2D eigenvalue weighted by molar-refractivity contribution is -0.393. The molecule has 0 spiro atoms. The molecule has 0 aliphatic rings. The molecule has 0 radical (unpaired) electrons. The number of hydrogen-bond acceptors (Lipinski definition) is 6. The predicted molar refractivity (Wildman–Crippen MR) is 91.0 cm³/mol. The summed E-state index contributed by atoms with van der Waals surface area (Å²) in [6.45, 7) is 5.43. The molecule has 8 nitrogen and oxygen atoms in total. The maximum Gasteiger partial charge on any atom is 0.299 e. The van der Waals surface area contributed by atoms with Crippen LogP contribution in [-0.2, 0) is 5.41 Å². The van der Waals surface area contributed by atoms with Gasteiger partial charge >= 0.3 is 0 Å². The summed E-state index contributed by atoms with van der Waals surface area (Å²) in [5.41, 5.74) is -0.338. The quantitative estimate of drug-likeness (QED) is 0.490. The molecule has 0 saturated heterocycles. The van der Waals surface area contributed by atoms with E-state index in [1.165, 1.54) is 12.3 Å². The van der Waals surface area contributed by atoms with E-state index in [1.807, 2.05) is 20.8 Å². The van der Waals surface area contributed by atoms with Crippen LogP contribution in [0.15, 0.2) is 30.5 Å². The first kappa shape index (κ1) is 17.6. The summed E-state index contributed by atoms with van der Waals surface area (Å²) in [5, 5.41) is 25.6. The van der Waals surface area contributed by atoms with E-state index in [1.54, 1.807) is 12.1 Å². The summed E-state index contributed by atoms with van der Waals surface area (Å²) in [6.07, 6.45) is 1.49. The first-order chi connectivity index (χ1) is 11.1. The van der Waals surface area contributed by atoms with E-state index in [0.717, 1.165) is 6.07 Å². The van der Waals surface area contributed by atoms with E-state index in [-0.39, 0.29) is 16.5 Å². The minimum atomic E-state index is -0.658. The molecule has 0 amide bonds. The highest BCUT2D eigenvalue weighted by atomic mass is 35.5. The highest BCUT2D eigenvalue weighted by Gasteiger charge is 2.30. The van der Waals surface area contributed by atoms with Crippen molar-refractivity contribution in [3.63, 3.8) is 0 Å². The Morgan fingerprint density at radius 3 is 2.33 bits per heavy atom. The molecule has 0 fully saturated rings. The largest absolute Gasteiger partial charge is 0.347 e. The third kappa shape index (κ3) is 3.60. The van der Waals surface area contributed by atoms with Gasteiger partial charge in [0, 0.05) is 12.3 Å². The molecule has 2 aromatic rings. The van der Waals surface area contributed by atoms with Crippen LogP contribution in [0.5, 0.6) is 0 Å². The van der Waals surface area contributed by atoms with Crippen LogP contribution in [0.4, 0.5) is 22.7 Å². The zero-order chi connectivity index (χ0) is 18.1. The van der Waals surface area contributed by atoms with Crippen LogP contribution in [0, 0.1) is 20.2 Å². The third-order valence-electron chi connectivity index (χ3n) is 3.34. The number of nitrogens with zero attached hydrogens (tertiary/aromatic N) is 3. The second-order valence-electron chi connectivity index (χ2n) is 6.12. The SMILES string of the molecule is CC(C)(C)c1cc([N+](=O)[O-])cc([N+](=O)[O-])c1Nc1cccnc1Cl. The van der Waals surface area contributed by atoms with Gasteiger partial charge in [0.2, 0.25) is 0 Å². The summed E-state index contributed by atoms with van der Waals surface area (Å²) in [7, 11) is 0. The van der Waals surface area contributed by atoms with Gasteiger partial charge in [-0.25, -0.2) is 4.98 Å².